The molecule has 0 aliphatic carbocycles. The zero-order valence-electron chi connectivity index (χ0n) is 17.7. The van der Waals surface area contributed by atoms with Crippen molar-refractivity contribution in [3.05, 3.63) is 69.7 Å². The van der Waals surface area contributed by atoms with E-state index in [1.807, 2.05) is 24.3 Å². The van der Waals surface area contributed by atoms with Crippen LogP contribution in [0.25, 0.3) is 0 Å². The number of nitrogens with zero attached hydrogens (tertiary/aromatic N) is 3. The number of carbonyl (C=O) groups excluding carboxylic acids is 1. The molecule has 6 heteroatoms. The Labute approximate surface area is 182 Å². The number of ketones is 1. The standard InChI is InChI=1S/C24H29N3O2S/c1-18-16-21(19(2)27(18)10-9-20-6-5-15-30-20)24(29)17-25-11-13-26(14-12-25)22-7-3-4-8-23(22)28/h3-8,15-16,28H,9-14,17H2,1-2H3. The summed E-state index contributed by atoms with van der Waals surface area (Å²) in [5.41, 5.74) is 3.94. The highest BCUT2D eigenvalue weighted by Crippen LogP contribution is 2.27. The van der Waals surface area contributed by atoms with Crippen LogP contribution >= 0.6 is 11.3 Å². The molecule has 1 aliphatic rings. The zero-order chi connectivity index (χ0) is 21.1. The number of piperazine rings is 1. The van der Waals surface area contributed by atoms with Gasteiger partial charge in [0.25, 0.3) is 0 Å². The van der Waals surface area contributed by atoms with Gasteiger partial charge in [-0.2, -0.15) is 0 Å². The molecule has 4 rings (SSSR count). The van der Waals surface area contributed by atoms with E-state index in [-0.39, 0.29) is 5.78 Å². The minimum absolute atomic E-state index is 0.196. The number of aromatic nitrogens is 1. The van der Waals surface area contributed by atoms with Crippen LogP contribution < -0.4 is 4.90 Å². The smallest absolute Gasteiger partial charge is 0.178 e. The van der Waals surface area contributed by atoms with Crippen LogP contribution in [-0.4, -0.2) is 53.1 Å². The number of rotatable bonds is 7. The van der Waals surface area contributed by atoms with Crippen molar-refractivity contribution in [2.24, 2.45) is 0 Å². The fraction of sp³-hybridized carbons (Fsp3) is 0.375. The van der Waals surface area contributed by atoms with E-state index in [0.29, 0.717) is 12.3 Å². The summed E-state index contributed by atoms with van der Waals surface area (Å²) in [5.74, 6) is 0.512. The molecule has 1 aromatic carbocycles. The Kier molecular flexibility index (Phi) is 6.25. The van der Waals surface area contributed by atoms with Crippen LogP contribution in [0.1, 0.15) is 26.6 Å². The Bertz CT molecular complexity index is 1000. The van der Waals surface area contributed by atoms with Crippen LogP contribution in [0.15, 0.2) is 47.8 Å². The minimum atomic E-state index is 0.196. The summed E-state index contributed by atoms with van der Waals surface area (Å²) in [6.07, 6.45) is 0.996. The second-order valence-corrected chi connectivity index (χ2v) is 8.97. The van der Waals surface area contributed by atoms with E-state index in [1.54, 1.807) is 17.4 Å². The summed E-state index contributed by atoms with van der Waals surface area (Å²) in [7, 11) is 0. The number of carbonyl (C=O) groups is 1. The number of aromatic hydroxyl groups is 1. The number of aryl methyl sites for hydroxylation is 2. The SMILES string of the molecule is Cc1cc(C(=O)CN2CCN(c3ccccc3O)CC2)c(C)n1CCc1cccs1. The third-order valence-electron chi connectivity index (χ3n) is 6.00. The third-order valence-corrected chi connectivity index (χ3v) is 6.93. The van der Waals surface area contributed by atoms with E-state index in [1.165, 1.54) is 4.88 Å². The molecule has 0 atom stereocenters. The lowest BCUT2D eigenvalue weighted by atomic mass is 10.1. The van der Waals surface area contributed by atoms with Crippen LogP contribution in [0.4, 0.5) is 5.69 Å². The second kappa shape index (κ2) is 9.06. The van der Waals surface area contributed by atoms with Crippen molar-refractivity contribution in [2.45, 2.75) is 26.8 Å². The molecule has 158 valence electrons. The van der Waals surface area contributed by atoms with Crippen LogP contribution in [0.2, 0.25) is 0 Å². The summed E-state index contributed by atoms with van der Waals surface area (Å²) in [6, 6.07) is 13.7. The van der Waals surface area contributed by atoms with Crippen molar-refractivity contribution in [3.63, 3.8) is 0 Å². The van der Waals surface area contributed by atoms with Gasteiger partial charge in [0.1, 0.15) is 5.75 Å². The Balaban J connectivity index is 1.35. The van der Waals surface area contributed by atoms with E-state index < -0.39 is 0 Å². The third kappa shape index (κ3) is 4.45. The molecule has 1 N–H and O–H groups in total. The molecule has 5 nitrogen and oxygen atoms in total. The van der Waals surface area contributed by atoms with Gasteiger partial charge in [-0.15, -0.1) is 11.3 Å². The molecular formula is C24H29N3O2S. The molecular weight excluding hydrogens is 394 g/mol. The number of thiophene rings is 1. The first-order valence-electron chi connectivity index (χ1n) is 10.5. The summed E-state index contributed by atoms with van der Waals surface area (Å²) in [6.45, 7) is 8.76. The molecule has 1 saturated heterocycles. The number of hydrogen-bond donors (Lipinski definition) is 1. The van der Waals surface area contributed by atoms with Gasteiger partial charge in [0, 0.05) is 54.6 Å². The van der Waals surface area contributed by atoms with Crippen molar-refractivity contribution >= 4 is 22.8 Å². The van der Waals surface area contributed by atoms with Gasteiger partial charge in [-0.25, -0.2) is 0 Å². The molecule has 2 aromatic heterocycles. The Morgan fingerprint density at radius 3 is 2.53 bits per heavy atom. The maximum Gasteiger partial charge on any atom is 0.178 e. The molecule has 0 saturated carbocycles. The van der Waals surface area contributed by atoms with E-state index in [9.17, 15) is 9.90 Å². The maximum atomic E-state index is 13.0. The molecule has 0 amide bonds. The molecule has 3 aromatic rings. The van der Waals surface area contributed by atoms with Gasteiger partial charge < -0.3 is 14.6 Å². The number of phenols is 1. The Hall–Kier alpha value is -2.57. The minimum Gasteiger partial charge on any atom is -0.506 e. The predicted molar refractivity (Wildman–Crippen MR) is 123 cm³/mol. The van der Waals surface area contributed by atoms with Gasteiger partial charge in [0.15, 0.2) is 5.78 Å². The largest absolute Gasteiger partial charge is 0.506 e. The van der Waals surface area contributed by atoms with E-state index in [2.05, 4.69) is 45.7 Å². The average Bonchev–Trinajstić information content (AvgIpc) is 3.36. The average molecular weight is 424 g/mol. The van der Waals surface area contributed by atoms with E-state index >= 15 is 0 Å². The molecule has 0 bridgehead atoms. The summed E-state index contributed by atoms with van der Waals surface area (Å²) >= 11 is 1.78. The van der Waals surface area contributed by atoms with Gasteiger partial charge in [0.2, 0.25) is 0 Å². The number of phenolic OH excluding ortho intramolecular Hbond substituents is 1. The monoisotopic (exact) mass is 423 g/mol. The molecule has 3 heterocycles. The Morgan fingerprint density at radius 2 is 1.83 bits per heavy atom. The number of benzene rings is 1. The first-order chi connectivity index (χ1) is 14.5. The lowest BCUT2D eigenvalue weighted by molar-refractivity contribution is 0.0925. The number of Topliss-reactive ketones (excluding diaryl/α,β-unsaturated/α-hetero) is 1. The highest BCUT2D eigenvalue weighted by molar-refractivity contribution is 7.09. The lowest BCUT2D eigenvalue weighted by Gasteiger charge is -2.35. The number of para-hydroxylation sites is 2. The van der Waals surface area contributed by atoms with Crippen LogP contribution in [0.5, 0.6) is 5.75 Å². The maximum absolute atomic E-state index is 13.0. The first kappa shape index (κ1) is 20.7. The van der Waals surface area contributed by atoms with Gasteiger partial charge >= 0.3 is 0 Å². The van der Waals surface area contributed by atoms with Crippen molar-refractivity contribution in [2.75, 3.05) is 37.6 Å². The first-order valence-corrected chi connectivity index (χ1v) is 11.4. The fourth-order valence-electron chi connectivity index (χ4n) is 4.27. The molecule has 0 spiro atoms. The van der Waals surface area contributed by atoms with Crippen LogP contribution in [0.3, 0.4) is 0 Å². The molecule has 1 fully saturated rings. The van der Waals surface area contributed by atoms with E-state index in [0.717, 1.165) is 61.8 Å². The summed E-state index contributed by atoms with van der Waals surface area (Å²) in [5, 5.41) is 12.2. The predicted octanol–water partition coefficient (Wildman–Crippen LogP) is 4.12. The molecule has 1 aliphatic heterocycles. The Morgan fingerprint density at radius 1 is 1.07 bits per heavy atom. The van der Waals surface area contributed by atoms with Crippen molar-refractivity contribution < 1.29 is 9.90 Å². The van der Waals surface area contributed by atoms with Gasteiger partial charge in [-0.05, 0) is 49.9 Å². The quantitative estimate of drug-likeness (QED) is 0.581. The van der Waals surface area contributed by atoms with Gasteiger partial charge in [-0.1, -0.05) is 18.2 Å². The molecule has 0 unspecified atom stereocenters. The zero-order valence-corrected chi connectivity index (χ0v) is 18.5. The topological polar surface area (TPSA) is 48.7 Å². The van der Waals surface area contributed by atoms with Crippen molar-refractivity contribution in [1.29, 1.82) is 0 Å². The second-order valence-electron chi connectivity index (χ2n) is 7.94. The van der Waals surface area contributed by atoms with Crippen LogP contribution in [-0.2, 0) is 13.0 Å². The normalized spacial score (nSPS) is 14.9. The van der Waals surface area contributed by atoms with Crippen molar-refractivity contribution in [3.8, 4) is 5.75 Å². The highest BCUT2D eigenvalue weighted by Gasteiger charge is 2.23. The fourth-order valence-corrected chi connectivity index (χ4v) is 4.97. The summed E-state index contributed by atoms with van der Waals surface area (Å²) < 4.78 is 2.27. The number of anilines is 1. The van der Waals surface area contributed by atoms with Crippen LogP contribution in [0, 0.1) is 13.8 Å². The summed E-state index contributed by atoms with van der Waals surface area (Å²) in [4.78, 5) is 18.8. The number of hydrogen-bond acceptors (Lipinski definition) is 5. The van der Waals surface area contributed by atoms with Gasteiger partial charge in [-0.3, -0.25) is 9.69 Å². The van der Waals surface area contributed by atoms with Gasteiger partial charge in [0.05, 0.1) is 12.2 Å². The van der Waals surface area contributed by atoms with Crippen molar-refractivity contribution in [1.82, 2.24) is 9.47 Å². The lowest BCUT2D eigenvalue weighted by Crippen LogP contribution is -2.48. The molecule has 0 radical (unpaired) electrons. The highest BCUT2D eigenvalue weighted by atomic mass is 32.1. The molecule has 30 heavy (non-hydrogen) atoms. The van der Waals surface area contributed by atoms with E-state index in [4.69, 9.17) is 0 Å².